The highest BCUT2D eigenvalue weighted by atomic mass is 16.2. The summed E-state index contributed by atoms with van der Waals surface area (Å²) in [4.78, 5) is 27.6. The Balaban J connectivity index is 1.63. The van der Waals surface area contributed by atoms with E-state index >= 15 is 0 Å². The lowest BCUT2D eigenvalue weighted by atomic mass is 9.95. The Hall–Kier alpha value is -1.14. The van der Waals surface area contributed by atoms with E-state index in [9.17, 15) is 9.59 Å². The minimum Gasteiger partial charge on any atom is -0.355 e. The average Bonchev–Trinajstić information content (AvgIpc) is 2.96. The zero-order valence-corrected chi connectivity index (χ0v) is 13.0. The minimum atomic E-state index is 0.115. The van der Waals surface area contributed by atoms with Crippen molar-refractivity contribution in [3.63, 3.8) is 0 Å². The number of nitrogens with zero attached hydrogens (tertiary/aromatic N) is 2. The second-order valence-electron chi connectivity index (χ2n) is 6.17. The highest BCUT2D eigenvalue weighted by Gasteiger charge is 2.31. The molecule has 3 N–H and O–H groups in total. The van der Waals surface area contributed by atoms with E-state index in [0.29, 0.717) is 19.0 Å². The molecule has 2 amide bonds. The molecule has 1 saturated heterocycles. The summed E-state index contributed by atoms with van der Waals surface area (Å²) in [6.07, 6.45) is 3.18. The summed E-state index contributed by atoms with van der Waals surface area (Å²) in [6.45, 7) is 7.15. The van der Waals surface area contributed by atoms with Crippen LogP contribution in [0.2, 0.25) is 0 Å². The summed E-state index contributed by atoms with van der Waals surface area (Å²) in [6, 6.07) is 0. The van der Waals surface area contributed by atoms with Crippen LogP contribution in [-0.4, -0.2) is 67.4 Å². The molecular formula is C15H28N4O2. The van der Waals surface area contributed by atoms with Crippen LogP contribution >= 0.6 is 0 Å². The number of hydrogen-bond donors (Lipinski definition) is 2. The summed E-state index contributed by atoms with van der Waals surface area (Å²) in [7, 11) is 0. The Morgan fingerprint density at radius 2 is 1.90 bits per heavy atom. The molecule has 6 nitrogen and oxygen atoms in total. The highest BCUT2D eigenvalue weighted by Crippen LogP contribution is 2.30. The maximum atomic E-state index is 12.2. The molecule has 0 radical (unpaired) electrons. The van der Waals surface area contributed by atoms with Gasteiger partial charge in [0.1, 0.15) is 0 Å². The fourth-order valence-corrected chi connectivity index (χ4v) is 3.42. The van der Waals surface area contributed by atoms with Crippen molar-refractivity contribution < 1.29 is 9.59 Å². The summed E-state index contributed by atoms with van der Waals surface area (Å²) in [5.74, 6) is 0.802. The summed E-state index contributed by atoms with van der Waals surface area (Å²) in [5, 5.41) is 3.05. The van der Waals surface area contributed by atoms with Gasteiger partial charge in [0, 0.05) is 52.1 Å². The maximum absolute atomic E-state index is 12.2. The third-order valence-corrected chi connectivity index (χ3v) is 4.84. The molecule has 1 aliphatic carbocycles. The van der Waals surface area contributed by atoms with Crippen molar-refractivity contribution in [2.45, 2.75) is 26.2 Å². The molecule has 2 atom stereocenters. The first-order valence-electron chi connectivity index (χ1n) is 8.07. The lowest BCUT2D eigenvalue weighted by molar-refractivity contribution is -0.130. The van der Waals surface area contributed by atoms with Crippen molar-refractivity contribution in [2.75, 3.05) is 45.8 Å². The van der Waals surface area contributed by atoms with Crippen molar-refractivity contribution in [3.05, 3.63) is 0 Å². The first kappa shape index (κ1) is 16.2. The number of hydrogen-bond acceptors (Lipinski definition) is 4. The smallest absolute Gasteiger partial charge is 0.223 e. The summed E-state index contributed by atoms with van der Waals surface area (Å²) < 4.78 is 0. The predicted molar refractivity (Wildman–Crippen MR) is 81.6 cm³/mol. The van der Waals surface area contributed by atoms with Gasteiger partial charge in [-0.05, 0) is 25.3 Å². The monoisotopic (exact) mass is 296 g/mol. The molecule has 6 heteroatoms. The van der Waals surface area contributed by atoms with Crippen LogP contribution in [0.1, 0.15) is 26.2 Å². The normalized spacial score (nSPS) is 26.9. The van der Waals surface area contributed by atoms with Crippen molar-refractivity contribution in [2.24, 2.45) is 17.6 Å². The molecule has 1 aliphatic heterocycles. The Bertz CT molecular complexity index is 367. The van der Waals surface area contributed by atoms with E-state index in [4.69, 9.17) is 5.73 Å². The minimum absolute atomic E-state index is 0.115. The molecule has 0 aromatic heterocycles. The zero-order chi connectivity index (χ0) is 15.2. The number of rotatable bonds is 5. The number of carbonyl (C=O) groups is 2. The summed E-state index contributed by atoms with van der Waals surface area (Å²) >= 11 is 0. The Kier molecular flexibility index (Phi) is 5.99. The van der Waals surface area contributed by atoms with Gasteiger partial charge < -0.3 is 16.0 Å². The number of nitrogens with one attached hydrogen (secondary N) is 1. The van der Waals surface area contributed by atoms with Gasteiger partial charge >= 0.3 is 0 Å². The SMILES string of the molecule is CC(=O)N1CCN(CCNC(=O)[C@@H]2CCC[C@@H]2CN)CC1. The van der Waals surface area contributed by atoms with Gasteiger partial charge in [0.05, 0.1) is 0 Å². The van der Waals surface area contributed by atoms with Gasteiger partial charge in [-0.3, -0.25) is 14.5 Å². The third-order valence-electron chi connectivity index (χ3n) is 4.84. The lowest BCUT2D eigenvalue weighted by Gasteiger charge is -2.34. The van der Waals surface area contributed by atoms with Crippen LogP contribution in [0.4, 0.5) is 0 Å². The lowest BCUT2D eigenvalue weighted by Crippen LogP contribution is -2.50. The standard InChI is InChI=1S/C15H28N4O2/c1-12(20)19-9-7-18(8-10-19)6-5-17-15(21)14-4-2-3-13(14)11-16/h13-14H,2-11,16H2,1H3,(H,17,21)/t13-,14-/m1/s1. The summed E-state index contributed by atoms with van der Waals surface area (Å²) in [5.41, 5.74) is 5.72. The van der Waals surface area contributed by atoms with Crippen LogP contribution in [-0.2, 0) is 9.59 Å². The van der Waals surface area contributed by atoms with Gasteiger partial charge in [-0.15, -0.1) is 0 Å². The third kappa shape index (κ3) is 4.41. The predicted octanol–water partition coefficient (Wildman–Crippen LogP) is -0.358. The maximum Gasteiger partial charge on any atom is 0.223 e. The molecule has 0 unspecified atom stereocenters. The van der Waals surface area contributed by atoms with Crippen molar-refractivity contribution in [3.8, 4) is 0 Å². The van der Waals surface area contributed by atoms with Gasteiger partial charge in [-0.2, -0.15) is 0 Å². The molecule has 0 aromatic carbocycles. The van der Waals surface area contributed by atoms with Gasteiger partial charge in [0.15, 0.2) is 0 Å². The zero-order valence-electron chi connectivity index (χ0n) is 13.0. The Morgan fingerprint density at radius 1 is 1.19 bits per heavy atom. The Morgan fingerprint density at radius 3 is 2.52 bits per heavy atom. The molecule has 1 heterocycles. The molecule has 2 rings (SSSR count). The van der Waals surface area contributed by atoms with Crippen LogP contribution in [0.5, 0.6) is 0 Å². The van der Waals surface area contributed by atoms with E-state index in [2.05, 4.69) is 10.2 Å². The number of piperazine rings is 1. The van der Waals surface area contributed by atoms with Gasteiger partial charge in [0.2, 0.25) is 11.8 Å². The molecule has 120 valence electrons. The molecule has 21 heavy (non-hydrogen) atoms. The molecular weight excluding hydrogens is 268 g/mol. The van der Waals surface area contributed by atoms with Gasteiger partial charge in [-0.1, -0.05) is 6.42 Å². The van der Waals surface area contributed by atoms with E-state index in [1.54, 1.807) is 6.92 Å². The highest BCUT2D eigenvalue weighted by molar-refractivity contribution is 5.79. The quantitative estimate of drug-likeness (QED) is 0.726. The second kappa shape index (κ2) is 7.75. The first-order chi connectivity index (χ1) is 10.1. The fraction of sp³-hybridized carbons (Fsp3) is 0.867. The van der Waals surface area contributed by atoms with Crippen molar-refractivity contribution in [1.82, 2.24) is 15.1 Å². The molecule has 1 saturated carbocycles. The van der Waals surface area contributed by atoms with Gasteiger partial charge in [0.25, 0.3) is 0 Å². The second-order valence-corrected chi connectivity index (χ2v) is 6.17. The van der Waals surface area contributed by atoms with Crippen molar-refractivity contribution in [1.29, 1.82) is 0 Å². The van der Waals surface area contributed by atoms with E-state index in [1.807, 2.05) is 4.90 Å². The van der Waals surface area contributed by atoms with Crippen LogP contribution in [0.15, 0.2) is 0 Å². The number of amides is 2. The molecule has 0 spiro atoms. The van der Waals surface area contributed by atoms with Crippen LogP contribution < -0.4 is 11.1 Å². The van der Waals surface area contributed by atoms with E-state index in [1.165, 1.54) is 0 Å². The van der Waals surface area contributed by atoms with Crippen molar-refractivity contribution >= 4 is 11.8 Å². The molecule has 2 aliphatic rings. The van der Waals surface area contributed by atoms with Crippen LogP contribution in [0.25, 0.3) is 0 Å². The molecule has 0 bridgehead atoms. The topological polar surface area (TPSA) is 78.7 Å². The number of nitrogens with two attached hydrogens (primary N) is 1. The Labute approximate surface area is 127 Å². The fourth-order valence-electron chi connectivity index (χ4n) is 3.42. The molecule has 2 fully saturated rings. The van der Waals surface area contributed by atoms with E-state index in [-0.39, 0.29) is 17.7 Å². The first-order valence-corrected chi connectivity index (χ1v) is 8.07. The van der Waals surface area contributed by atoms with Gasteiger partial charge in [-0.25, -0.2) is 0 Å². The average molecular weight is 296 g/mol. The molecule has 0 aromatic rings. The van der Waals surface area contributed by atoms with Crippen LogP contribution in [0.3, 0.4) is 0 Å². The number of carbonyl (C=O) groups excluding carboxylic acids is 2. The largest absolute Gasteiger partial charge is 0.355 e. The van der Waals surface area contributed by atoms with E-state index < -0.39 is 0 Å². The van der Waals surface area contributed by atoms with E-state index in [0.717, 1.165) is 52.0 Å². The van der Waals surface area contributed by atoms with Crippen LogP contribution in [0, 0.1) is 11.8 Å².